The Bertz CT molecular complexity index is 360. The number of carbonyl (C=O) groups is 1. The third kappa shape index (κ3) is 7.50. The summed E-state index contributed by atoms with van der Waals surface area (Å²) in [5.41, 5.74) is 2.21. The van der Waals surface area contributed by atoms with E-state index in [2.05, 4.69) is 24.5 Å². The summed E-state index contributed by atoms with van der Waals surface area (Å²) in [5.74, 6) is 0.0658. The van der Waals surface area contributed by atoms with Crippen LogP contribution in [0.4, 0.5) is 5.69 Å². The van der Waals surface area contributed by atoms with Gasteiger partial charge < -0.3 is 10.6 Å². The van der Waals surface area contributed by atoms with Gasteiger partial charge in [0, 0.05) is 12.2 Å². The predicted molar refractivity (Wildman–Crippen MR) is 81.4 cm³/mol. The third-order valence-corrected chi connectivity index (χ3v) is 3.11. The highest BCUT2D eigenvalue weighted by Crippen LogP contribution is 2.07. The van der Waals surface area contributed by atoms with Crippen molar-refractivity contribution in [2.24, 2.45) is 0 Å². The van der Waals surface area contributed by atoms with E-state index < -0.39 is 0 Å². The maximum absolute atomic E-state index is 11.6. The SMILES string of the molecule is CCCCCCCNC(=O)CNc1ccc(C)cc1. The number of carbonyl (C=O) groups excluding carboxylic acids is 1. The van der Waals surface area contributed by atoms with E-state index >= 15 is 0 Å². The lowest BCUT2D eigenvalue weighted by Gasteiger charge is -2.08. The Morgan fingerprint density at radius 1 is 1.05 bits per heavy atom. The number of hydrogen-bond acceptors (Lipinski definition) is 2. The first-order chi connectivity index (χ1) is 9.22. The smallest absolute Gasteiger partial charge is 0.239 e. The molecule has 0 saturated carbocycles. The Morgan fingerprint density at radius 2 is 1.74 bits per heavy atom. The Hall–Kier alpha value is -1.51. The molecule has 3 heteroatoms. The molecular formula is C16H26N2O. The van der Waals surface area contributed by atoms with E-state index in [1.165, 1.54) is 31.2 Å². The van der Waals surface area contributed by atoms with Crippen LogP contribution < -0.4 is 10.6 Å². The van der Waals surface area contributed by atoms with Crippen LogP contribution in [0.25, 0.3) is 0 Å². The van der Waals surface area contributed by atoms with Crippen LogP contribution in [0, 0.1) is 6.92 Å². The second-order valence-corrected chi connectivity index (χ2v) is 4.98. The minimum atomic E-state index is 0.0658. The highest BCUT2D eigenvalue weighted by molar-refractivity contribution is 5.80. The van der Waals surface area contributed by atoms with E-state index in [0.717, 1.165) is 18.7 Å². The van der Waals surface area contributed by atoms with Gasteiger partial charge in [-0.25, -0.2) is 0 Å². The fraction of sp³-hybridized carbons (Fsp3) is 0.562. The first-order valence-electron chi connectivity index (χ1n) is 7.29. The van der Waals surface area contributed by atoms with Crippen LogP contribution >= 0.6 is 0 Å². The van der Waals surface area contributed by atoms with Crippen LogP contribution in [0.2, 0.25) is 0 Å². The van der Waals surface area contributed by atoms with Gasteiger partial charge in [0.2, 0.25) is 5.91 Å². The van der Waals surface area contributed by atoms with Crippen LogP contribution in [0.15, 0.2) is 24.3 Å². The van der Waals surface area contributed by atoms with E-state index in [0.29, 0.717) is 6.54 Å². The molecule has 2 N–H and O–H groups in total. The monoisotopic (exact) mass is 262 g/mol. The van der Waals surface area contributed by atoms with Crippen LogP contribution in [0.1, 0.15) is 44.6 Å². The van der Waals surface area contributed by atoms with Gasteiger partial charge in [-0.15, -0.1) is 0 Å². The van der Waals surface area contributed by atoms with Crippen molar-refractivity contribution < 1.29 is 4.79 Å². The molecule has 1 rings (SSSR count). The van der Waals surface area contributed by atoms with E-state index in [9.17, 15) is 4.79 Å². The van der Waals surface area contributed by atoms with Crippen LogP contribution in [-0.4, -0.2) is 19.0 Å². The zero-order chi connectivity index (χ0) is 13.9. The van der Waals surface area contributed by atoms with Crippen molar-refractivity contribution in [1.29, 1.82) is 0 Å². The van der Waals surface area contributed by atoms with Gasteiger partial charge in [0.1, 0.15) is 0 Å². The molecule has 1 aromatic carbocycles. The third-order valence-electron chi connectivity index (χ3n) is 3.11. The van der Waals surface area contributed by atoms with Gasteiger partial charge in [-0.3, -0.25) is 4.79 Å². The lowest BCUT2D eigenvalue weighted by Crippen LogP contribution is -2.30. The summed E-state index contributed by atoms with van der Waals surface area (Å²) >= 11 is 0. The average Bonchev–Trinajstić information content (AvgIpc) is 2.42. The first-order valence-corrected chi connectivity index (χ1v) is 7.29. The number of hydrogen-bond donors (Lipinski definition) is 2. The van der Waals surface area contributed by atoms with Gasteiger partial charge in [0.15, 0.2) is 0 Å². The zero-order valence-electron chi connectivity index (χ0n) is 12.2. The topological polar surface area (TPSA) is 41.1 Å². The molecule has 0 radical (unpaired) electrons. The van der Waals surface area contributed by atoms with Gasteiger partial charge >= 0.3 is 0 Å². The molecule has 0 aliphatic carbocycles. The summed E-state index contributed by atoms with van der Waals surface area (Å²) in [5, 5.41) is 6.06. The molecule has 0 unspecified atom stereocenters. The molecule has 0 aliphatic rings. The van der Waals surface area contributed by atoms with E-state index in [4.69, 9.17) is 0 Å². The molecule has 3 nitrogen and oxygen atoms in total. The highest BCUT2D eigenvalue weighted by atomic mass is 16.1. The quantitative estimate of drug-likeness (QED) is 0.669. The molecular weight excluding hydrogens is 236 g/mol. The van der Waals surface area contributed by atoms with Crippen LogP contribution in [0.5, 0.6) is 0 Å². The maximum Gasteiger partial charge on any atom is 0.239 e. The zero-order valence-corrected chi connectivity index (χ0v) is 12.2. The minimum Gasteiger partial charge on any atom is -0.376 e. The molecule has 19 heavy (non-hydrogen) atoms. The Balaban J connectivity index is 2.06. The molecule has 0 fully saturated rings. The van der Waals surface area contributed by atoms with E-state index in [1.54, 1.807) is 0 Å². The standard InChI is InChI=1S/C16H26N2O/c1-3-4-5-6-7-12-17-16(19)13-18-15-10-8-14(2)9-11-15/h8-11,18H,3-7,12-13H2,1-2H3,(H,17,19). The first kappa shape index (κ1) is 15.5. The summed E-state index contributed by atoms with van der Waals surface area (Å²) in [6, 6.07) is 8.06. The minimum absolute atomic E-state index is 0.0658. The number of anilines is 1. The number of rotatable bonds is 9. The summed E-state index contributed by atoms with van der Waals surface area (Å²) in [4.78, 5) is 11.6. The largest absolute Gasteiger partial charge is 0.376 e. The van der Waals surface area contributed by atoms with E-state index in [-0.39, 0.29) is 5.91 Å². The number of unbranched alkanes of at least 4 members (excludes halogenated alkanes) is 4. The molecule has 0 aromatic heterocycles. The number of benzene rings is 1. The summed E-state index contributed by atoms with van der Waals surface area (Å²) < 4.78 is 0. The normalized spacial score (nSPS) is 10.2. The maximum atomic E-state index is 11.6. The fourth-order valence-corrected chi connectivity index (χ4v) is 1.87. The van der Waals surface area contributed by atoms with Gasteiger partial charge in [0.25, 0.3) is 0 Å². The lowest BCUT2D eigenvalue weighted by molar-refractivity contribution is -0.119. The summed E-state index contributed by atoms with van der Waals surface area (Å²) in [7, 11) is 0. The Labute approximate surface area is 116 Å². The molecule has 106 valence electrons. The fourth-order valence-electron chi connectivity index (χ4n) is 1.87. The molecule has 0 heterocycles. The summed E-state index contributed by atoms with van der Waals surface area (Å²) in [6.07, 6.45) is 6.11. The highest BCUT2D eigenvalue weighted by Gasteiger charge is 2.00. The number of nitrogens with one attached hydrogen (secondary N) is 2. The van der Waals surface area contributed by atoms with Crippen molar-refractivity contribution in [1.82, 2.24) is 5.32 Å². The van der Waals surface area contributed by atoms with Crippen molar-refractivity contribution in [2.75, 3.05) is 18.4 Å². The van der Waals surface area contributed by atoms with Crippen molar-refractivity contribution in [3.63, 3.8) is 0 Å². The van der Waals surface area contributed by atoms with Crippen LogP contribution in [0.3, 0.4) is 0 Å². The molecule has 1 amide bonds. The van der Waals surface area contributed by atoms with Crippen molar-refractivity contribution in [3.05, 3.63) is 29.8 Å². The molecule has 0 atom stereocenters. The van der Waals surface area contributed by atoms with Gasteiger partial charge in [-0.1, -0.05) is 50.3 Å². The van der Waals surface area contributed by atoms with Crippen LogP contribution in [-0.2, 0) is 4.79 Å². The molecule has 0 saturated heterocycles. The average molecular weight is 262 g/mol. The second kappa shape index (κ2) is 9.42. The Kier molecular flexibility index (Phi) is 7.71. The van der Waals surface area contributed by atoms with E-state index in [1.807, 2.05) is 24.3 Å². The predicted octanol–water partition coefficient (Wildman–Crippen LogP) is 3.49. The summed E-state index contributed by atoms with van der Waals surface area (Å²) in [6.45, 7) is 5.39. The lowest BCUT2D eigenvalue weighted by atomic mass is 10.1. The Morgan fingerprint density at radius 3 is 2.42 bits per heavy atom. The molecule has 0 aliphatic heterocycles. The number of amides is 1. The molecule has 1 aromatic rings. The second-order valence-electron chi connectivity index (χ2n) is 4.98. The molecule has 0 bridgehead atoms. The van der Waals surface area contributed by atoms with Gasteiger partial charge in [-0.2, -0.15) is 0 Å². The number of aryl methyl sites for hydroxylation is 1. The van der Waals surface area contributed by atoms with Crippen molar-refractivity contribution in [3.8, 4) is 0 Å². The van der Waals surface area contributed by atoms with Gasteiger partial charge in [0.05, 0.1) is 6.54 Å². The van der Waals surface area contributed by atoms with Gasteiger partial charge in [-0.05, 0) is 25.5 Å². The molecule has 0 spiro atoms. The van der Waals surface area contributed by atoms with Crippen molar-refractivity contribution in [2.45, 2.75) is 46.0 Å². The van der Waals surface area contributed by atoms with Crippen molar-refractivity contribution >= 4 is 11.6 Å².